The van der Waals surface area contributed by atoms with Crippen LogP contribution in [-0.4, -0.2) is 35.0 Å². The molecule has 0 radical (unpaired) electrons. The fraction of sp³-hybridized carbons (Fsp3) is 1.00. The van der Waals surface area contributed by atoms with Crippen LogP contribution in [0.4, 0.5) is 0 Å². The highest BCUT2D eigenvalue weighted by Gasteiger charge is 2.23. The van der Waals surface area contributed by atoms with E-state index in [0.717, 1.165) is 6.42 Å². The molecular weight excluding hydrogens is 202 g/mol. The Kier molecular flexibility index (Phi) is 8.90. The maximum atomic E-state index is 9.15. The van der Waals surface area contributed by atoms with Crippen LogP contribution in [0.5, 0.6) is 0 Å². The van der Waals surface area contributed by atoms with Gasteiger partial charge in [-0.15, -0.1) is 0 Å². The molecule has 0 rings (SSSR count). The molecule has 98 valence electrons. The van der Waals surface area contributed by atoms with Crippen LogP contribution in [0.3, 0.4) is 0 Å². The average Bonchev–Trinajstić information content (AvgIpc) is 2.28. The van der Waals surface area contributed by atoms with E-state index in [1.165, 1.54) is 32.1 Å². The van der Waals surface area contributed by atoms with Gasteiger partial charge in [0.05, 0.1) is 18.8 Å². The molecule has 0 heterocycles. The molecule has 0 aromatic heterocycles. The smallest absolute Gasteiger partial charge is 0.0633 e. The molecule has 3 nitrogen and oxygen atoms in total. The zero-order chi connectivity index (χ0) is 12.4. The number of nitrogens with one attached hydrogen (secondary N) is 1. The van der Waals surface area contributed by atoms with Gasteiger partial charge in [0.2, 0.25) is 0 Å². The Balaban J connectivity index is 3.61. The molecule has 0 amide bonds. The number of aliphatic hydroxyl groups excluding tert-OH is 2. The van der Waals surface area contributed by atoms with Gasteiger partial charge in [0, 0.05) is 6.04 Å². The van der Waals surface area contributed by atoms with Crippen molar-refractivity contribution in [2.45, 2.75) is 70.9 Å². The molecule has 1 atom stereocenters. The van der Waals surface area contributed by atoms with Crippen molar-refractivity contribution in [2.75, 3.05) is 13.2 Å². The Labute approximate surface area is 100 Å². The van der Waals surface area contributed by atoms with Crippen molar-refractivity contribution in [3.8, 4) is 0 Å². The second kappa shape index (κ2) is 8.97. The second-order valence-corrected chi connectivity index (χ2v) is 5.13. The van der Waals surface area contributed by atoms with Gasteiger partial charge in [0.25, 0.3) is 0 Å². The van der Waals surface area contributed by atoms with Crippen LogP contribution in [0, 0.1) is 0 Å². The van der Waals surface area contributed by atoms with E-state index in [0.29, 0.717) is 6.04 Å². The van der Waals surface area contributed by atoms with Crippen LogP contribution in [0.2, 0.25) is 0 Å². The molecule has 0 saturated carbocycles. The summed E-state index contributed by atoms with van der Waals surface area (Å²) < 4.78 is 0. The first kappa shape index (κ1) is 15.9. The van der Waals surface area contributed by atoms with E-state index in [9.17, 15) is 0 Å². The summed E-state index contributed by atoms with van der Waals surface area (Å²) in [6, 6.07) is 0.353. The van der Waals surface area contributed by atoms with Gasteiger partial charge in [-0.05, 0) is 20.3 Å². The summed E-state index contributed by atoms with van der Waals surface area (Å²) in [5.74, 6) is 0. The standard InChI is InChI=1S/C13H29NO2/c1-4-5-6-7-8-9-12(2)14-13(3,10-15)11-16/h12,14-16H,4-11H2,1-3H3. The van der Waals surface area contributed by atoms with E-state index in [1.54, 1.807) is 0 Å². The molecule has 0 saturated heterocycles. The molecule has 0 aliphatic carbocycles. The van der Waals surface area contributed by atoms with Gasteiger partial charge >= 0.3 is 0 Å². The van der Waals surface area contributed by atoms with E-state index in [2.05, 4.69) is 19.2 Å². The van der Waals surface area contributed by atoms with Crippen LogP contribution in [0.25, 0.3) is 0 Å². The second-order valence-electron chi connectivity index (χ2n) is 5.13. The predicted molar refractivity (Wildman–Crippen MR) is 68.6 cm³/mol. The van der Waals surface area contributed by atoms with E-state index in [1.807, 2.05) is 6.92 Å². The Morgan fingerprint density at radius 3 is 2.12 bits per heavy atom. The van der Waals surface area contributed by atoms with Gasteiger partial charge < -0.3 is 15.5 Å². The lowest BCUT2D eigenvalue weighted by Gasteiger charge is -2.30. The number of rotatable bonds is 10. The highest BCUT2D eigenvalue weighted by Crippen LogP contribution is 2.10. The summed E-state index contributed by atoms with van der Waals surface area (Å²) >= 11 is 0. The Morgan fingerprint density at radius 2 is 1.62 bits per heavy atom. The maximum Gasteiger partial charge on any atom is 0.0633 e. The number of hydrogen-bond donors (Lipinski definition) is 3. The van der Waals surface area contributed by atoms with Gasteiger partial charge in [-0.2, -0.15) is 0 Å². The van der Waals surface area contributed by atoms with Gasteiger partial charge in [-0.25, -0.2) is 0 Å². The Morgan fingerprint density at radius 1 is 1.06 bits per heavy atom. The van der Waals surface area contributed by atoms with Gasteiger partial charge in [0.15, 0.2) is 0 Å². The molecule has 1 unspecified atom stereocenters. The first-order valence-electron chi connectivity index (χ1n) is 6.57. The van der Waals surface area contributed by atoms with Crippen molar-refractivity contribution >= 4 is 0 Å². The zero-order valence-corrected chi connectivity index (χ0v) is 11.1. The average molecular weight is 231 g/mol. The monoisotopic (exact) mass is 231 g/mol. The van der Waals surface area contributed by atoms with Gasteiger partial charge in [-0.1, -0.05) is 39.0 Å². The molecule has 16 heavy (non-hydrogen) atoms. The topological polar surface area (TPSA) is 52.5 Å². The van der Waals surface area contributed by atoms with Crippen molar-refractivity contribution in [1.29, 1.82) is 0 Å². The number of aliphatic hydroxyl groups is 2. The lowest BCUT2D eigenvalue weighted by Crippen LogP contribution is -2.52. The Hall–Kier alpha value is -0.120. The van der Waals surface area contributed by atoms with Gasteiger partial charge in [0.1, 0.15) is 0 Å². The molecule has 0 aromatic rings. The third kappa shape index (κ3) is 7.20. The first-order valence-corrected chi connectivity index (χ1v) is 6.57. The van der Waals surface area contributed by atoms with E-state index in [4.69, 9.17) is 10.2 Å². The third-order valence-electron chi connectivity index (χ3n) is 3.03. The quantitative estimate of drug-likeness (QED) is 0.505. The summed E-state index contributed by atoms with van der Waals surface area (Å²) in [4.78, 5) is 0. The minimum Gasteiger partial charge on any atom is -0.394 e. The minimum atomic E-state index is -0.539. The summed E-state index contributed by atoms with van der Waals surface area (Å²) in [6.45, 7) is 6.13. The molecule has 0 aliphatic heterocycles. The van der Waals surface area contributed by atoms with Crippen molar-refractivity contribution < 1.29 is 10.2 Å². The molecule has 0 fully saturated rings. The lowest BCUT2D eigenvalue weighted by atomic mass is 10.0. The molecule has 0 aromatic carbocycles. The zero-order valence-electron chi connectivity index (χ0n) is 11.1. The molecule has 3 heteroatoms. The normalized spacial score (nSPS) is 14.1. The molecular formula is C13H29NO2. The Bertz CT molecular complexity index is 158. The van der Waals surface area contributed by atoms with Crippen molar-refractivity contribution in [3.63, 3.8) is 0 Å². The molecule has 0 bridgehead atoms. The number of hydrogen-bond acceptors (Lipinski definition) is 3. The molecule has 0 spiro atoms. The van der Waals surface area contributed by atoms with Crippen LogP contribution in [0.15, 0.2) is 0 Å². The summed E-state index contributed by atoms with van der Waals surface area (Å²) in [7, 11) is 0. The van der Waals surface area contributed by atoms with E-state index in [-0.39, 0.29) is 13.2 Å². The lowest BCUT2D eigenvalue weighted by molar-refractivity contribution is 0.0944. The summed E-state index contributed by atoms with van der Waals surface area (Å²) in [5, 5.41) is 21.6. The fourth-order valence-electron chi connectivity index (χ4n) is 1.86. The largest absolute Gasteiger partial charge is 0.394 e. The van der Waals surface area contributed by atoms with Crippen molar-refractivity contribution in [1.82, 2.24) is 5.32 Å². The SMILES string of the molecule is CCCCCCCC(C)NC(C)(CO)CO. The number of unbranched alkanes of at least 4 members (excludes halogenated alkanes) is 4. The highest BCUT2D eigenvalue weighted by molar-refractivity contribution is 4.83. The maximum absolute atomic E-state index is 9.15. The van der Waals surface area contributed by atoms with E-state index < -0.39 is 5.54 Å². The van der Waals surface area contributed by atoms with Crippen molar-refractivity contribution in [3.05, 3.63) is 0 Å². The molecule has 0 aliphatic rings. The van der Waals surface area contributed by atoms with Crippen LogP contribution in [0.1, 0.15) is 59.3 Å². The van der Waals surface area contributed by atoms with Crippen LogP contribution in [-0.2, 0) is 0 Å². The summed E-state index contributed by atoms with van der Waals surface area (Å²) in [6.07, 6.45) is 7.55. The van der Waals surface area contributed by atoms with Gasteiger partial charge in [-0.3, -0.25) is 0 Å². The first-order chi connectivity index (χ1) is 7.58. The molecule has 3 N–H and O–H groups in total. The van der Waals surface area contributed by atoms with Crippen LogP contribution < -0.4 is 5.32 Å². The van der Waals surface area contributed by atoms with Crippen LogP contribution >= 0.6 is 0 Å². The highest BCUT2D eigenvalue weighted by atomic mass is 16.3. The fourth-order valence-corrected chi connectivity index (χ4v) is 1.86. The summed E-state index contributed by atoms with van der Waals surface area (Å²) in [5.41, 5.74) is -0.539. The van der Waals surface area contributed by atoms with E-state index >= 15 is 0 Å². The minimum absolute atomic E-state index is 0.0241. The third-order valence-corrected chi connectivity index (χ3v) is 3.03. The predicted octanol–water partition coefficient (Wildman–Crippen LogP) is 2.07. The van der Waals surface area contributed by atoms with Crippen molar-refractivity contribution in [2.24, 2.45) is 0 Å².